The van der Waals surface area contributed by atoms with E-state index in [-0.39, 0.29) is 10.9 Å². The van der Waals surface area contributed by atoms with E-state index >= 15 is 0 Å². The first-order chi connectivity index (χ1) is 12.1. The molecule has 25 heavy (non-hydrogen) atoms. The van der Waals surface area contributed by atoms with E-state index in [0.717, 1.165) is 17.2 Å². The van der Waals surface area contributed by atoms with Gasteiger partial charge in [-0.1, -0.05) is 41.6 Å². The molecule has 0 unspecified atom stereocenters. The Balaban J connectivity index is 1.71. The fourth-order valence-corrected chi connectivity index (χ4v) is 2.37. The maximum Gasteiger partial charge on any atom is 0.255 e. The van der Waals surface area contributed by atoms with Crippen LogP contribution in [0.4, 0.5) is 10.1 Å². The molecule has 0 spiro atoms. The van der Waals surface area contributed by atoms with Crippen LogP contribution in [0.2, 0.25) is 5.02 Å². The summed E-state index contributed by atoms with van der Waals surface area (Å²) in [5.41, 5.74) is 2.56. The minimum Gasteiger partial charge on any atom is -0.321 e. The number of hydrogen-bond acceptors (Lipinski definition) is 1. The van der Waals surface area contributed by atoms with Crippen molar-refractivity contribution >= 4 is 23.2 Å². The van der Waals surface area contributed by atoms with Gasteiger partial charge in [0, 0.05) is 16.7 Å². The Bertz CT molecular complexity index is 957. The number of amides is 1. The zero-order valence-corrected chi connectivity index (χ0v) is 13.8. The van der Waals surface area contributed by atoms with Gasteiger partial charge in [0.15, 0.2) is 0 Å². The Morgan fingerprint density at radius 2 is 1.52 bits per heavy atom. The lowest BCUT2D eigenvalue weighted by Gasteiger charge is -2.07. The van der Waals surface area contributed by atoms with Gasteiger partial charge in [-0.3, -0.25) is 4.79 Å². The molecule has 0 aliphatic heterocycles. The van der Waals surface area contributed by atoms with Crippen LogP contribution in [0.15, 0.2) is 72.8 Å². The summed E-state index contributed by atoms with van der Waals surface area (Å²) < 4.78 is 13.0. The summed E-state index contributed by atoms with van der Waals surface area (Å²) in [6, 6.07) is 20.4. The van der Waals surface area contributed by atoms with E-state index in [2.05, 4.69) is 17.2 Å². The van der Waals surface area contributed by atoms with E-state index in [4.69, 9.17) is 11.6 Å². The summed E-state index contributed by atoms with van der Waals surface area (Å²) in [4.78, 5) is 12.2. The van der Waals surface area contributed by atoms with Gasteiger partial charge in [-0.05, 0) is 54.6 Å². The lowest BCUT2D eigenvalue weighted by molar-refractivity contribution is 0.102. The molecule has 122 valence electrons. The maximum atomic E-state index is 13.0. The molecule has 0 bridgehead atoms. The molecule has 0 aliphatic rings. The van der Waals surface area contributed by atoms with Gasteiger partial charge in [0.1, 0.15) is 5.82 Å². The van der Waals surface area contributed by atoms with Crippen molar-refractivity contribution in [3.05, 3.63) is 100 Å². The van der Waals surface area contributed by atoms with Crippen molar-refractivity contribution < 1.29 is 9.18 Å². The third-order valence-corrected chi connectivity index (χ3v) is 3.76. The van der Waals surface area contributed by atoms with Gasteiger partial charge >= 0.3 is 0 Å². The van der Waals surface area contributed by atoms with Gasteiger partial charge < -0.3 is 5.32 Å². The standard InChI is InChI=1S/C21H13ClFNO/c22-19-14-18(23)12-13-20(19)24-21(25)17-10-8-16(9-11-17)7-6-15-4-2-1-3-5-15/h1-5,8-14H,(H,24,25). The van der Waals surface area contributed by atoms with Crippen LogP contribution in [0, 0.1) is 17.7 Å². The Kier molecular flexibility index (Phi) is 5.13. The largest absolute Gasteiger partial charge is 0.321 e. The fraction of sp³-hybridized carbons (Fsp3) is 0. The molecule has 0 aliphatic carbocycles. The van der Waals surface area contributed by atoms with E-state index in [1.807, 2.05) is 30.3 Å². The topological polar surface area (TPSA) is 29.1 Å². The number of benzene rings is 3. The normalized spacial score (nSPS) is 9.84. The van der Waals surface area contributed by atoms with Crippen LogP contribution in [-0.2, 0) is 0 Å². The van der Waals surface area contributed by atoms with Crippen molar-refractivity contribution in [1.82, 2.24) is 0 Å². The highest BCUT2D eigenvalue weighted by Crippen LogP contribution is 2.23. The first-order valence-electron chi connectivity index (χ1n) is 7.55. The third kappa shape index (κ3) is 4.47. The van der Waals surface area contributed by atoms with Crippen LogP contribution in [0.25, 0.3) is 0 Å². The number of carbonyl (C=O) groups is 1. The van der Waals surface area contributed by atoms with Crippen LogP contribution in [-0.4, -0.2) is 5.91 Å². The first kappa shape index (κ1) is 16.8. The van der Waals surface area contributed by atoms with Crippen molar-refractivity contribution in [2.75, 3.05) is 5.32 Å². The van der Waals surface area contributed by atoms with Crippen molar-refractivity contribution in [1.29, 1.82) is 0 Å². The molecule has 0 atom stereocenters. The van der Waals surface area contributed by atoms with Crippen LogP contribution in [0.3, 0.4) is 0 Å². The Morgan fingerprint density at radius 1 is 0.880 bits per heavy atom. The van der Waals surface area contributed by atoms with Crippen molar-refractivity contribution in [3.8, 4) is 11.8 Å². The highest BCUT2D eigenvalue weighted by atomic mass is 35.5. The number of anilines is 1. The van der Waals surface area contributed by atoms with Crippen molar-refractivity contribution in [3.63, 3.8) is 0 Å². The Labute approximate surface area is 150 Å². The van der Waals surface area contributed by atoms with Crippen molar-refractivity contribution in [2.45, 2.75) is 0 Å². The highest BCUT2D eigenvalue weighted by molar-refractivity contribution is 6.33. The van der Waals surface area contributed by atoms with Gasteiger partial charge in [-0.25, -0.2) is 4.39 Å². The number of hydrogen-bond donors (Lipinski definition) is 1. The molecule has 0 radical (unpaired) electrons. The Morgan fingerprint density at radius 3 is 2.16 bits per heavy atom. The number of nitrogens with one attached hydrogen (secondary N) is 1. The summed E-state index contributed by atoms with van der Waals surface area (Å²) in [6.07, 6.45) is 0. The summed E-state index contributed by atoms with van der Waals surface area (Å²) >= 11 is 5.91. The molecule has 0 fully saturated rings. The molecule has 1 N–H and O–H groups in total. The predicted molar refractivity (Wildman–Crippen MR) is 98.2 cm³/mol. The van der Waals surface area contributed by atoms with Gasteiger partial charge in [0.05, 0.1) is 10.7 Å². The average Bonchev–Trinajstić information content (AvgIpc) is 2.63. The van der Waals surface area contributed by atoms with Gasteiger partial charge in [-0.2, -0.15) is 0 Å². The molecule has 3 aromatic rings. The molecule has 0 heterocycles. The minimum absolute atomic E-state index is 0.152. The fourth-order valence-electron chi connectivity index (χ4n) is 2.16. The summed E-state index contributed by atoms with van der Waals surface area (Å²) in [7, 11) is 0. The van der Waals surface area contributed by atoms with Gasteiger partial charge in [0.2, 0.25) is 0 Å². The van der Waals surface area contributed by atoms with Crippen LogP contribution >= 0.6 is 11.6 Å². The number of halogens is 2. The van der Waals surface area contributed by atoms with E-state index in [0.29, 0.717) is 11.3 Å². The molecule has 3 rings (SSSR count). The van der Waals surface area contributed by atoms with Crippen LogP contribution in [0.5, 0.6) is 0 Å². The van der Waals surface area contributed by atoms with Gasteiger partial charge in [-0.15, -0.1) is 0 Å². The molecular formula is C21H13ClFNO. The second-order valence-corrected chi connectivity index (χ2v) is 5.68. The third-order valence-electron chi connectivity index (χ3n) is 3.45. The van der Waals surface area contributed by atoms with Crippen LogP contribution < -0.4 is 5.32 Å². The Hall–Kier alpha value is -3.09. The second kappa shape index (κ2) is 7.65. The monoisotopic (exact) mass is 349 g/mol. The lowest BCUT2D eigenvalue weighted by Crippen LogP contribution is -2.12. The van der Waals surface area contributed by atoms with Crippen molar-refractivity contribution in [2.24, 2.45) is 0 Å². The summed E-state index contributed by atoms with van der Waals surface area (Å²) in [5, 5.41) is 2.81. The van der Waals surface area contributed by atoms with Crippen LogP contribution in [0.1, 0.15) is 21.5 Å². The summed E-state index contributed by atoms with van der Waals surface area (Å²) in [6.45, 7) is 0. The number of carbonyl (C=O) groups excluding carboxylic acids is 1. The molecular weight excluding hydrogens is 337 g/mol. The molecule has 2 nitrogen and oxygen atoms in total. The lowest BCUT2D eigenvalue weighted by atomic mass is 10.1. The zero-order chi connectivity index (χ0) is 17.6. The van der Waals surface area contributed by atoms with Gasteiger partial charge in [0.25, 0.3) is 5.91 Å². The molecule has 3 aromatic carbocycles. The SMILES string of the molecule is O=C(Nc1ccc(F)cc1Cl)c1ccc(C#Cc2ccccc2)cc1. The molecule has 0 saturated carbocycles. The smallest absolute Gasteiger partial charge is 0.255 e. The maximum absolute atomic E-state index is 13.0. The quantitative estimate of drug-likeness (QED) is 0.638. The van der Waals surface area contributed by atoms with E-state index < -0.39 is 5.82 Å². The average molecular weight is 350 g/mol. The van der Waals surface area contributed by atoms with E-state index in [1.54, 1.807) is 24.3 Å². The highest BCUT2D eigenvalue weighted by Gasteiger charge is 2.09. The van der Waals surface area contributed by atoms with E-state index in [1.165, 1.54) is 12.1 Å². The number of rotatable bonds is 2. The molecule has 4 heteroatoms. The zero-order valence-electron chi connectivity index (χ0n) is 13.1. The molecule has 0 saturated heterocycles. The molecule has 0 aromatic heterocycles. The van der Waals surface area contributed by atoms with E-state index in [9.17, 15) is 9.18 Å². The summed E-state index contributed by atoms with van der Waals surface area (Å²) in [5.74, 6) is 5.33. The first-order valence-corrected chi connectivity index (χ1v) is 7.93. The predicted octanol–water partition coefficient (Wildman–Crippen LogP) is 5.13. The minimum atomic E-state index is -0.454. The second-order valence-electron chi connectivity index (χ2n) is 5.27. The molecule has 1 amide bonds.